The Kier molecular flexibility index (Phi) is 6.10. The maximum absolute atomic E-state index is 11.8. The van der Waals surface area contributed by atoms with Gasteiger partial charge in [-0.1, -0.05) is 6.07 Å². The molecule has 0 unspecified atom stereocenters. The lowest BCUT2D eigenvalue weighted by Crippen LogP contribution is -2.47. The van der Waals surface area contributed by atoms with E-state index < -0.39 is 0 Å². The number of benzene rings is 1. The number of cyclic esters (lactones) is 1. The molecule has 0 bridgehead atoms. The Morgan fingerprint density at radius 2 is 2.28 bits per heavy atom. The van der Waals surface area contributed by atoms with Crippen molar-refractivity contribution in [3.8, 4) is 6.07 Å². The van der Waals surface area contributed by atoms with Gasteiger partial charge in [0.25, 0.3) is 0 Å². The predicted octanol–water partition coefficient (Wildman–Crippen LogP) is 1.37. The number of hydrogen-bond acceptors (Lipinski definition) is 9. The van der Waals surface area contributed by atoms with Crippen LogP contribution in [0.4, 0.5) is 5.82 Å². The summed E-state index contributed by atoms with van der Waals surface area (Å²) in [6.07, 6.45) is 3.17. The highest BCUT2D eigenvalue weighted by atomic mass is 16.5. The number of aromatic nitrogens is 1. The number of nitrogens with one attached hydrogen (secondary N) is 1. The van der Waals surface area contributed by atoms with E-state index in [4.69, 9.17) is 21.6 Å². The van der Waals surface area contributed by atoms with Crippen LogP contribution in [0, 0.1) is 25.2 Å². The molecule has 0 aliphatic carbocycles. The van der Waals surface area contributed by atoms with Gasteiger partial charge in [-0.15, -0.1) is 0 Å². The number of hydrogen-bond donors (Lipinski definition) is 3. The SMILES string of the molecule is Cc1cc(N(N)/C=C(\N)CN2CCN[C@H](c3ccc4c(c3C)COC4=O)C2)ncc1C#N. The Hall–Kier alpha value is -3.45. The first-order valence-corrected chi connectivity index (χ1v) is 10.5. The molecule has 2 aliphatic rings. The fourth-order valence-electron chi connectivity index (χ4n) is 4.25. The summed E-state index contributed by atoms with van der Waals surface area (Å²) >= 11 is 0. The van der Waals surface area contributed by atoms with E-state index in [9.17, 15) is 4.79 Å². The lowest BCUT2D eigenvalue weighted by molar-refractivity contribution is 0.0535. The number of nitrogens with two attached hydrogens (primary N) is 2. The molecule has 0 amide bonds. The topological polar surface area (TPSA) is 134 Å². The van der Waals surface area contributed by atoms with Gasteiger partial charge in [0.2, 0.25) is 0 Å². The molecule has 9 heteroatoms. The molecule has 1 atom stereocenters. The number of nitrogens with zero attached hydrogens (tertiary/aromatic N) is 4. The molecule has 2 aliphatic heterocycles. The summed E-state index contributed by atoms with van der Waals surface area (Å²) in [4.78, 5) is 18.3. The third-order valence-corrected chi connectivity index (χ3v) is 6.04. The highest BCUT2D eigenvalue weighted by Crippen LogP contribution is 2.30. The summed E-state index contributed by atoms with van der Waals surface area (Å²) in [5.41, 5.74) is 12.1. The highest BCUT2D eigenvalue weighted by molar-refractivity contribution is 5.94. The molecule has 0 spiro atoms. The van der Waals surface area contributed by atoms with Crippen LogP contribution in [0.3, 0.4) is 0 Å². The molecular formula is C23H27N7O2. The lowest BCUT2D eigenvalue weighted by Gasteiger charge is -2.35. The third-order valence-electron chi connectivity index (χ3n) is 6.04. The van der Waals surface area contributed by atoms with Gasteiger partial charge < -0.3 is 15.8 Å². The number of esters is 1. The average Bonchev–Trinajstić information content (AvgIpc) is 3.15. The normalized spacial score (nSPS) is 18.8. The van der Waals surface area contributed by atoms with Gasteiger partial charge in [0.15, 0.2) is 0 Å². The molecule has 2 aromatic rings. The van der Waals surface area contributed by atoms with E-state index in [1.165, 1.54) is 16.8 Å². The maximum atomic E-state index is 11.8. The second-order valence-electron chi connectivity index (χ2n) is 8.20. The van der Waals surface area contributed by atoms with Gasteiger partial charge in [0.1, 0.15) is 18.5 Å². The van der Waals surface area contributed by atoms with Crippen LogP contribution in [0.25, 0.3) is 0 Å². The minimum atomic E-state index is -0.246. The predicted molar refractivity (Wildman–Crippen MR) is 120 cm³/mol. The number of rotatable bonds is 5. The van der Waals surface area contributed by atoms with Gasteiger partial charge in [-0.3, -0.25) is 9.91 Å². The van der Waals surface area contributed by atoms with Crippen LogP contribution >= 0.6 is 0 Å². The van der Waals surface area contributed by atoms with Crippen LogP contribution in [0.15, 0.2) is 36.3 Å². The molecule has 9 nitrogen and oxygen atoms in total. The number of pyridine rings is 1. The van der Waals surface area contributed by atoms with Crippen LogP contribution in [0.1, 0.15) is 44.2 Å². The van der Waals surface area contributed by atoms with Gasteiger partial charge in [-0.25, -0.2) is 15.6 Å². The molecule has 166 valence electrons. The first kappa shape index (κ1) is 21.8. The number of nitriles is 1. The second kappa shape index (κ2) is 8.96. The summed E-state index contributed by atoms with van der Waals surface area (Å²) in [5.74, 6) is 6.40. The fourth-order valence-corrected chi connectivity index (χ4v) is 4.25. The first-order valence-electron chi connectivity index (χ1n) is 10.5. The summed E-state index contributed by atoms with van der Waals surface area (Å²) in [6.45, 7) is 7.25. The quantitative estimate of drug-likeness (QED) is 0.363. The van der Waals surface area contributed by atoms with E-state index in [1.807, 2.05) is 26.0 Å². The van der Waals surface area contributed by atoms with Crippen molar-refractivity contribution in [3.63, 3.8) is 0 Å². The van der Waals surface area contributed by atoms with Gasteiger partial charge >= 0.3 is 5.97 Å². The number of hydrazine groups is 1. The molecule has 1 saturated heterocycles. The monoisotopic (exact) mass is 433 g/mol. The Labute approximate surface area is 187 Å². The summed E-state index contributed by atoms with van der Waals surface area (Å²) in [5, 5.41) is 14.0. The van der Waals surface area contributed by atoms with Crippen molar-refractivity contribution in [3.05, 3.63) is 69.7 Å². The molecule has 32 heavy (non-hydrogen) atoms. The number of carbonyl (C=O) groups is 1. The molecule has 4 rings (SSSR count). The highest BCUT2D eigenvalue weighted by Gasteiger charge is 2.28. The minimum absolute atomic E-state index is 0.134. The van der Waals surface area contributed by atoms with Crippen molar-refractivity contribution in [1.29, 1.82) is 5.26 Å². The largest absolute Gasteiger partial charge is 0.457 e. The Bertz CT molecular complexity index is 1120. The van der Waals surface area contributed by atoms with Gasteiger partial charge in [0.05, 0.1) is 11.1 Å². The smallest absolute Gasteiger partial charge is 0.338 e. The Morgan fingerprint density at radius 1 is 1.47 bits per heavy atom. The maximum Gasteiger partial charge on any atom is 0.338 e. The zero-order valence-electron chi connectivity index (χ0n) is 18.3. The molecule has 0 radical (unpaired) electrons. The number of carbonyl (C=O) groups excluding carboxylic acids is 1. The molecule has 5 N–H and O–H groups in total. The molecule has 0 saturated carbocycles. The molecule has 1 fully saturated rings. The van der Waals surface area contributed by atoms with Gasteiger partial charge in [0, 0.05) is 55.9 Å². The number of piperazine rings is 1. The third kappa shape index (κ3) is 4.29. The van der Waals surface area contributed by atoms with Crippen molar-refractivity contribution >= 4 is 11.8 Å². The standard InChI is InChI=1S/C23H27N7O2/c1-14-7-22(28-9-16(14)8-24)30(26)11-17(25)10-29-6-5-27-21(12-29)18-3-4-19-20(15(18)2)13-32-23(19)31/h3-4,7,9,11,21,27H,5-6,10,12-13,25-26H2,1-2H3/b17-11-/t21-/m0/s1. The molecular weight excluding hydrogens is 406 g/mol. The zero-order valence-corrected chi connectivity index (χ0v) is 18.3. The van der Waals surface area contributed by atoms with Crippen LogP contribution in [0.2, 0.25) is 0 Å². The van der Waals surface area contributed by atoms with Crippen LogP contribution in [-0.2, 0) is 11.3 Å². The van der Waals surface area contributed by atoms with Gasteiger partial charge in [-0.05, 0) is 42.7 Å². The summed E-state index contributed by atoms with van der Waals surface area (Å²) in [6, 6.07) is 7.86. The molecule has 1 aromatic heterocycles. The van der Waals surface area contributed by atoms with E-state index in [-0.39, 0.29) is 12.0 Å². The lowest BCUT2D eigenvalue weighted by atomic mass is 9.93. The van der Waals surface area contributed by atoms with Crippen molar-refractivity contribution in [2.24, 2.45) is 11.6 Å². The van der Waals surface area contributed by atoms with Crippen molar-refractivity contribution < 1.29 is 9.53 Å². The molecule has 1 aromatic carbocycles. The van der Waals surface area contributed by atoms with E-state index in [2.05, 4.69) is 21.3 Å². The number of ether oxygens (including phenoxy) is 1. The fraction of sp³-hybridized carbons (Fsp3) is 0.348. The number of aryl methyl sites for hydroxylation is 1. The van der Waals surface area contributed by atoms with Crippen molar-refractivity contribution in [2.75, 3.05) is 31.2 Å². The van der Waals surface area contributed by atoms with Crippen LogP contribution < -0.4 is 21.9 Å². The Balaban J connectivity index is 1.43. The van der Waals surface area contributed by atoms with Gasteiger partial charge in [-0.2, -0.15) is 5.26 Å². The summed E-state index contributed by atoms with van der Waals surface area (Å²) in [7, 11) is 0. The van der Waals surface area contributed by atoms with E-state index in [0.717, 1.165) is 36.3 Å². The first-order chi connectivity index (χ1) is 15.4. The van der Waals surface area contributed by atoms with E-state index in [0.29, 0.717) is 35.8 Å². The van der Waals surface area contributed by atoms with Crippen molar-refractivity contribution in [2.45, 2.75) is 26.5 Å². The van der Waals surface area contributed by atoms with E-state index >= 15 is 0 Å². The van der Waals surface area contributed by atoms with Crippen LogP contribution in [-0.4, -0.2) is 42.0 Å². The van der Waals surface area contributed by atoms with Crippen molar-refractivity contribution in [1.82, 2.24) is 15.2 Å². The Morgan fingerprint density at radius 3 is 3.03 bits per heavy atom. The van der Waals surface area contributed by atoms with E-state index in [1.54, 1.807) is 12.3 Å². The zero-order chi connectivity index (χ0) is 22.8. The average molecular weight is 434 g/mol. The number of fused-ring (bicyclic) bond motifs is 1. The number of anilines is 1. The minimum Gasteiger partial charge on any atom is -0.457 e. The van der Waals surface area contributed by atoms with Crippen LogP contribution in [0.5, 0.6) is 0 Å². The summed E-state index contributed by atoms with van der Waals surface area (Å²) < 4.78 is 5.18. The molecule has 3 heterocycles. The second-order valence-corrected chi connectivity index (χ2v) is 8.20.